The lowest BCUT2D eigenvalue weighted by molar-refractivity contribution is -0.112. The Kier molecular flexibility index (Phi) is 4.22. The fourth-order valence-corrected chi connectivity index (χ4v) is 4.11. The molecule has 0 spiro atoms. The van der Waals surface area contributed by atoms with E-state index in [1.54, 1.807) is 17.2 Å². The van der Waals surface area contributed by atoms with Gasteiger partial charge in [-0.25, -0.2) is 18.2 Å². The molecule has 1 N–H and O–H groups in total. The van der Waals surface area contributed by atoms with Crippen molar-refractivity contribution in [2.75, 3.05) is 17.6 Å². The minimum atomic E-state index is -3.64. The van der Waals surface area contributed by atoms with Crippen LogP contribution in [0.2, 0.25) is 0 Å². The second kappa shape index (κ2) is 6.51. The van der Waals surface area contributed by atoms with Gasteiger partial charge in [0.25, 0.3) is 21.5 Å². The summed E-state index contributed by atoms with van der Waals surface area (Å²) in [5.41, 5.74) is -0.573. The van der Waals surface area contributed by atoms with E-state index in [9.17, 15) is 22.8 Å². The standard InChI is InChI=1S/C17H16N6O5S/c1-21-13-12(16(25)22(2)17(21)26)8-10(9-18-13)19-15(24)11-4-3-5-23-6-7-29(27,28)20-14(11)23/h3-5,8-9H,6-7H2,1-2H3,(H,19,24). The van der Waals surface area contributed by atoms with Crippen LogP contribution in [0.4, 0.5) is 5.69 Å². The number of amides is 1. The molecule has 29 heavy (non-hydrogen) atoms. The van der Waals surface area contributed by atoms with Gasteiger partial charge in [-0.2, -0.15) is 0 Å². The second-order valence-corrected chi connectivity index (χ2v) is 8.33. The topological polar surface area (TPSA) is 136 Å². The number of amidine groups is 1. The van der Waals surface area contributed by atoms with Gasteiger partial charge in [0.05, 0.1) is 28.6 Å². The minimum Gasteiger partial charge on any atom is -0.331 e. The molecule has 0 saturated carbocycles. The highest BCUT2D eigenvalue weighted by Crippen LogP contribution is 2.20. The number of nitrogens with zero attached hydrogens (tertiary/aromatic N) is 5. The average Bonchev–Trinajstić information content (AvgIpc) is 2.69. The Morgan fingerprint density at radius 3 is 2.72 bits per heavy atom. The maximum absolute atomic E-state index is 12.8. The smallest absolute Gasteiger partial charge is 0.331 e. The highest BCUT2D eigenvalue weighted by atomic mass is 32.2. The van der Waals surface area contributed by atoms with Crippen molar-refractivity contribution in [2.24, 2.45) is 18.5 Å². The number of pyridine rings is 1. The SMILES string of the molecule is Cn1c(=O)c2cc(NC(=O)C3=CC=CN4CCS(=O)(=O)N=C34)cnc2n(C)c1=O. The molecule has 1 amide bonds. The molecule has 2 aromatic heterocycles. The van der Waals surface area contributed by atoms with Crippen molar-refractivity contribution in [2.45, 2.75) is 0 Å². The van der Waals surface area contributed by atoms with Crippen LogP contribution in [-0.2, 0) is 28.9 Å². The lowest BCUT2D eigenvalue weighted by Crippen LogP contribution is -2.41. The Morgan fingerprint density at radius 1 is 1.21 bits per heavy atom. The van der Waals surface area contributed by atoms with E-state index in [1.165, 1.54) is 37.0 Å². The zero-order chi connectivity index (χ0) is 20.9. The molecule has 4 heterocycles. The van der Waals surface area contributed by atoms with Gasteiger partial charge in [-0.1, -0.05) is 0 Å². The summed E-state index contributed by atoms with van der Waals surface area (Å²) >= 11 is 0. The van der Waals surface area contributed by atoms with E-state index in [4.69, 9.17) is 0 Å². The van der Waals surface area contributed by atoms with Gasteiger partial charge >= 0.3 is 5.69 Å². The number of sulfonamides is 1. The Bertz CT molecular complexity index is 1380. The maximum Gasteiger partial charge on any atom is 0.332 e. The third-order valence-electron chi connectivity index (χ3n) is 4.65. The zero-order valence-electron chi connectivity index (χ0n) is 15.5. The molecule has 11 nitrogen and oxygen atoms in total. The maximum atomic E-state index is 12.8. The van der Waals surface area contributed by atoms with Gasteiger partial charge in [-0.15, -0.1) is 4.40 Å². The average molecular weight is 416 g/mol. The largest absolute Gasteiger partial charge is 0.332 e. The molecule has 0 saturated heterocycles. The normalized spacial score (nSPS) is 17.5. The quantitative estimate of drug-likeness (QED) is 0.668. The van der Waals surface area contributed by atoms with E-state index in [0.29, 0.717) is 0 Å². The van der Waals surface area contributed by atoms with Crippen molar-refractivity contribution < 1.29 is 13.2 Å². The molecule has 2 aromatic rings. The summed E-state index contributed by atoms with van der Waals surface area (Å²) in [4.78, 5) is 42.8. The van der Waals surface area contributed by atoms with E-state index in [-0.39, 0.29) is 40.4 Å². The summed E-state index contributed by atoms with van der Waals surface area (Å²) < 4.78 is 29.6. The van der Waals surface area contributed by atoms with E-state index < -0.39 is 27.2 Å². The van der Waals surface area contributed by atoms with Crippen LogP contribution in [0.3, 0.4) is 0 Å². The third-order valence-corrected chi connectivity index (χ3v) is 5.80. The molecular formula is C17H16N6O5S. The molecule has 2 aliphatic heterocycles. The summed E-state index contributed by atoms with van der Waals surface area (Å²) in [6.45, 7) is 0.198. The zero-order valence-corrected chi connectivity index (χ0v) is 16.3. The lowest BCUT2D eigenvalue weighted by atomic mass is 10.1. The fourth-order valence-electron chi connectivity index (χ4n) is 3.13. The number of allylic oxidation sites excluding steroid dienone is 2. The molecule has 4 rings (SSSR count). The van der Waals surface area contributed by atoms with E-state index in [1.807, 2.05) is 0 Å². The van der Waals surface area contributed by atoms with Crippen molar-refractivity contribution in [3.63, 3.8) is 0 Å². The van der Waals surface area contributed by atoms with Crippen LogP contribution >= 0.6 is 0 Å². The first-order valence-corrected chi connectivity index (χ1v) is 10.1. The van der Waals surface area contributed by atoms with Crippen LogP contribution in [0.1, 0.15) is 0 Å². The van der Waals surface area contributed by atoms with Crippen LogP contribution in [0, 0.1) is 0 Å². The molecule has 0 aliphatic carbocycles. The summed E-state index contributed by atoms with van der Waals surface area (Å²) in [5.74, 6) is -0.687. The van der Waals surface area contributed by atoms with Crippen molar-refractivity contribution in [3.05, 3.63) is 57.0 Å². The van der Waals surface area contributed by atoms with Gasteiger partial charge in [0.15, 0.2) is 5.84 Å². The molecule has 12 heteroatoms. The van der Waals surface area contributed by atoms with Crippen molar-refractivity contribution in [1.29, 1.82) is 0 Å². The van der Waals surface area contributed by atoms with E-state index in [2.05, 4.69) is 14.7 Å². The monoisotopic (exact) mass is 416 g/mol. The fraction of sp³-hybridized carbons (Fsp3) is 0.235. The Balaban J connectivity index is 1.72. The van der Waals surface area contributed by atoms with Gasteiger partial charge in [0, 0.05) is 26.8 Å². The molecule has 0 unspecified atom stereocenters. The first kappa shape index (κ1) is 18.8. The van der Waals surface area contributed by atoms with E-state index >= 15 is 0 Å². The van der Waals surface area contributed by atoms with Crippen molar-refractivity contribution in [3.8, 4) is 0 Å². The number of nitrogens with one attached hydrogen (secondary N) is 1. The molecule has 0 bridgehead atoms. The summed E-state index contributed by atoms with van der Waals surface area (Å²) in [6.07, 6.45) is 6.04. The number of anilines is 1. The molecule has 0 atom stereocenters. The number of hydrogen-bond acceptors (Lipinski definition) is 7. The minimum absolute atomic E-state index is 0.0447. The summed E-state index contributed by atoms with van der Waals surface area (Å²) in [7, 11) is -0.795. The van der Waals surface area contributed by atoms with Gasteiger partial charge in [0.2, 0.25) is 0 Å². The molecule has 150 valence electrons. The molecule has 0 aromatic carbocycles. The van der Waals surface area contributed by atoms with E-state index in [0.717, 1.165) is 4.57 Å². The Hall–Kier alpha value is -3.54. The number of rotatable bonds is 2. The highest BCUT2D eigenvalue weighted by molar-refractivity contribution is 7.90. The first-order chi connectivity index (χ1) is 13.7. The van der Waals surface area contributed by atoms with Gasteiger partial charge in [-0.3, -0.25) is 18.7 Å². The number of carbonyl (C=O) groups is 1. The number of hydrogen-bond donors (Lipinski definition) is 1. The number of aryl methyl sites for hydroxylation is 1. The predicted molar refractivity (Wildman–Crippen MR) is 106 cm³/mol. The number of carbonyl (C=O) groups excluding carboxylic acids is 1. The Morgan fingerprint density at radius 2 is 1.97 bits per heavy atom. The summed E-state index contributed by atoms with van der Waals surface area (Å²) in [5, 5.41) is 2.76. The molecule has 0 radical (unpaired) electrons. The van der Waals surface area contributed by atoms with Crippen molar-refractivity contribution >= 4 is 38.5 Å². The highest BCUT2D eigenvalue weighted by Gasteiger charge is 2.30. The molecule has 0 fully saturated rings. The van der Waals surface area contributed by atoms with Crippen LogP contribution in [0.5, 0.6) is 0 Å². The molecule has 2 aliphatic rings. The predicted octanol–water partition coefficient (Wildman–Crippen LogP) is -0.932. The van der Waals surface area contributed by atoms with Crippen LogP contribution in [-0.4, -0.2) is 51.5 Å². The van der Waals surface area contributed by atoms with Crippen LogP contribution < -0.4 is 16.6 Å². The lowest BCUT2D eigenvalue weighted by Gasteiger charge is -2.28. The summed E-state index contributed by atoms with van der Waals surface area (Å²) in [6, 6.07) is 1.42. The van der Waals surface area contributed by atoms with Crippen molar-refractivity contribution in [1.82, 2.24) is 19.0 Å². The number of fused-ring (bicyclic) bond motifs is 2. The van der Waals surface area contributed by atoms with Gasteiger partial charge in [0.1, 0.15) is 5.65 Å². The first-order valence-electron chi connectivity index (χ1n) is 8.53. The third kappa shape index (κ3) is 3.16. The van der Waals surface area contributed by atoms with Gasteiger partial charge < -0.3 is 10.2 Å². The number of aromatic nitrogens is 3. The van der Waals surface area contributed by atoms with Gasteiger partial charge in [-0.05, 0) is 18.2 Å². The van der Waals surface area contributed by atoms with Crippen LogP contribution in [0.25, 0.3) is 11.0 Å². The Labute approximate surface area is 164 Å². The molecular weight excluding hydrogens is 400 g/mol. The second-order valence-electron chi connectivity index (χ2n) is 6.57. The van der Waals surface area contributed by atoms with Crippen LogP contribution in [0.15, 0.2) is 50.2 Å².